The number of aliphatic hydroxyl groups excluding tert-OH is 1. The van der Waals surface area contributed by atoms with Crippen molar-refractivity contribution in [1.29, 1.82) is 0 Å². The first-order valence-electron chi connectivity index (χ1n) is 7.32. The van der Waals surface area contributed by atoms with Crippen LogP contribution < -0.4 is 0 Å². The number of halogens is 3. The summed E-state index contributed by atoms with van der Waals surface area (Å²) in [5.41, 5.74) is -0.689. The van der Waals surface area contributed by atoms with Crippen molar-refractivity contribution in [1.82, 2.24) is 0 Å². The van der Waals surface area contributed by atoms with E-state index in [9.17, 15) is 18.3 Å². The van der Waals surface area contributed by atoms with Gasteiger partial charge in [0.15, 0.2) is 0 Å². The van der Waals surface area contributed by atoms with Crippen LogP contribution in [0.5, 0.6) is 0 Å². The van der Waals surface area contributed by atoms with E-state index in [2.05, 4.69) is 0 Å². The van der Waals surface area contributed by atoms with E-state index >= 15 is 0 Å². The van der Waals surface area contributed by atoms with Crippen molar-refractivity contribution >= 4 is 0 Å². The second-order valence-electron chi connectivity index (χ2n) is 5.69. The lowest BCUT2D eigenvalue weighted by Gasteiger charge is -2.21. The summed E-state index contributed by atoms with van der Waals surface area (Å²) >= 11 is 0. The smallest absolute Gasteiger partial charge is 0.388 e. The number of benzene rings is 1. The SMILES string of the molecule is OC(CC1CCCCCC1)c1ccccc1C(F)(F)F. The molecule has 0 spiro atoms. The summed E-state index contributed by atoms with van der Waals surface area (Å²) in [4.78, 5) is 0. The van der Waals surface area contributed by atoms with Crippen LogP contribution in [0.15, 0.2) is 24.3 Å². The molecule has 1 aliphatic carbocycles. The van der Waals surface area contributed by atoms with Gasteiger partial charge in [0, 0.05) is 0 Å². The van der Waals surface area contributed by atoms with E-state index in [0.717, 1.165) is 31.7 Å². The first kappa shape index (κ1) is 15.4. The molecule has 4 heteroatoms. The lowest BCUT2D eigenvalue weighted by atomic mass is 9.89. The van der Waals surface area contributed by atoms with Crippen molar-refractivity contribution in [3.8, 4) is 0 Å². The predicted molar refractivity (Wildman–Crippen MR) is 72.2 cm³/mol. The number of hydrogen-bond acceptors (Lipinski definition) is 1. The summed E-state index contributed by atoms with van der Waals surface area (Å²) in [5, 5.41) is 10.2. The maximum absolute atomic E-state index is 12.9. The maximum Gasteiger partial charge on any atom is 0.416 e. The van der Waals surface area contributed by atoms with Gasteiger partial charge in [-0.25, -0.2) is 0 Å². The van der Waals surface area contributed by atoms with Crippen molar-refractivity contribution in [3.05, 3.63) is 35.4 Å². The van der Waals surface area contributed by atoms with E-state index in [1.54, 1.807) is 6.07 Å². The Bertz CT molecular complexity index is 420. The maximum atomic E-state index is 12.9. The highest BCUT2D eigenvalue weighted by Gasteiger charge is 2.35. The molecule has 0 radical (unpaired) electrons. The van der Waals surface area contributed by atoms with E-state index < -0.39 is 17.8 Å². The Labute approximate surface area is 117 Å². The quantitative estimate of drug-likeness (QED) is 0.766. The number of aliphatic hydroxyl groups is 1. The zero-order chi connectivity index (χ0) is 14.6. The highest BCUT2D eigenvalue weighted by Crippen LogP contribution is 2.37. The van der Waals surface area contributed by atoms with Crippen LogP contribution >= 0.6 is 0 Å². The molecule has 0 aliphatic heterocycles. The zero-order valence-electron chi connectivity index (χ0n) is 11.5. The molecule has 0 saturated heterocycles. The third-order valence-electron chi connectivity index (χ3n) is 4.16. The van der Waals surface area contributed by atoms with Gasteiger partial charge >= 0.3 is 6.18 Å². The molecule has 1 saturated carbocycles. The standard InChI is InChI=1S/C16H21F3O/c17-16(18,19)14-10-6-5-9-13(14)15(20)11-12-7-3-1-2-4-8-12/h5-6,9-10,12,15,20H,1-4,7-8,11H2. The third-order valence-corrected chi connectivity index (χ3v) is 4.16. The molecule has 1 aliphatic rings. The van der Waals surface area contributed by atoms with E-state index in [4.69, 9.17) is 0 Å². The normalized spacial score (nSPS) is 19.6. The molecule has 0 bridgehead atoms. The molecule has 1 nitrogen and oxygen atoms in total. The molecule has 0 amide bonds. The fraction of sp³-hybridized carbons (Fsp3) is 0.625. The molecule has 1 fully saturated rings. The summed E-state index contributed by atoms with van der Waals surface area (Å²) in [7, 11) is 0. The zero-order valence-corrected chi connectivity index (χ0v) is 11.5. The summed E-state index contributed by atoms with van der Waals surface area (Å²) in [6.45, 7) is 0. The molecule has 2 rings (SSSR count). The van der Waals surface area contributed by atoms with Gasteiger partial charge in [-0.3, -0.25) is 0 Å². The lowest BCUT2D eigenvalue weighted by molar-refractivity contribution is -0.139. The van der Waals surface area contributed by atoms with E-state index in [0.29, 0.717) is 12.3 Å². The van der Waals surface area contributed by atoms with Gasteiger partial charge in [0.2, 0.25) is 0 Å². The minimum Gasteiger partial charge on any atom is -0.388 e. The topological polar surface area (TPSA) is 20.2 Å². The van der Waals surface area contributed by atoms with Crippen LogP contribution in [0.1, 0.15) is 62.2 Å². The Hall–Kier alpha value is -1.03. The molecular weight excluding hydrogens is 265 g/mol. The van der Waals surface area contributed by atoms with E-state index in [-0.39, 0.29) is 5.56 Å². The summed E-state index contributed by atoms with van der Waals surface area (Å²) < 4.78 is 38.8. The molecule has 20 heavy (non-hydrogen) atoms. The van der Waals surface area contributed by atoms with Crippen LogP contribution in [0.3, 0.4) is 0 Å². The fourth-order valence-electron chi connectivity index (χ4n) is 3.09. The van der Waals surface area contributed by atoms with Gasteiger partial charge in [-0.2, -0.15) is 13.2 Å². The number of rotatable bonds is 3. The van der Waals surface area contributed by atoms with E-state index in [1.807, 2.05) is 0 Å². The Morgan fingerprint density at radius 1 is 1.05 bits per heavy atom. The molecule has 1 aromatic carbocycles. The molecule has 0 heterocycles. The van der Waals surface area contributed by atoms with Crippen LogP contribution in [-0.2, 0) is 6.18 Å². The molecular formula is C16H21F3O. The van der Waals surface area contributed by atoms with E-state index in [1.165, 1.54) is 25.0 Å². The second kappa shape index (κ2) is 6.61. The van der Waals surface area contributed by atoms with Crippen molar-refractivity contribution in [2.45, 2.75) is 57.2 Å². The third kappa shape index (κ3) is 3.98. The van der Waals surface area contributed by atoms with Crippen molar-refractivity contribution in [3.63, 3.8) is 0 Å². The van der Waals surface area contributed by atoms with Gasteiger partial charge in [-0.1, -0.05) is 56.7 Å². The average Bonchev–Trinajstić information content (AvgIpc) is 2.66. The largest absolute Gasteiger partial charge is 0.416 e. The minimum absolute atomic E-state index is 0.0178. The summed E-state index contributed by atoms with van der Waals surface area (Å²) in [5.74, 6) is 0.341. The molecule has 1 N–H and O–H groups in total. The number of hydrogen-bond donors (Lipinski definition) is 1. The van der Waals surface area contributed by atoms with Crippen LogP contribution in [0.25, 0.3) is 0 Å². The lowest BCUT2D eigenvalue weighted by Crippen LogP contribution is -2.14. The van der Waals surface area contributed by atoms with Gasteiger partial charge in [0.25, 0.3) is 0 Å². The van der Waals surface area contributed by atoms with Gasteiger partial charge < -0.3 is 5.11 Å². The first-order valence-corrected chi connectivity index (χ1v) is 7.32. The Morgan fingerprint density at radius 2 is 1.65 bits per heavy atom. The molecule has 1 aromatic rings. The minimum atomic E-state index is -4.40. The monoisotopic (exact) mass is 286 g/mol. The fourth-order valence-corrected chi connectivity index (χ4v) is 3.09. The molecule has 1 unspecified atom stereocenters. The van der Waals surface area contributed by atoms with Crippen LogP contribution in [0, 0.1) is 5.92 Å². The van der Waals surface area contributed by atoms with Crippen molar-refractivity contribution < 1.29 is 18.3 Å². The van der Waals surface area contributed by atoms with Crippen LogP contribution in [0.2, 0.25) is 0 Å². The summed E-state index contributed by atoms with van der Waals surface area (Å²) in [6, 6.07) is 5.36. The Morgan fingerprint density at radius 3 is 2.25 bits per heavy atom. The van der Waals surface area contributed by atoms with Crippen LogP contribution in [0.4, 0.5) is 13.2 Å². The predicted octanol–water partition coefficient (Wildman–Crippen LogP) is 5.10. The molecule has 1 atom stereocenters. The van der Waals surface area contributed by atoms with Crippen molar-refractivity contribution in [2.24, 2.45) is 5.92 Å². The van der Waals surface area contributed by atoms with Gasteiger partial charge in [0.1, 0.15) is 0 Å². The van der Waals surface area contributed by atoms with Gasteiger partial charge in [-0.15, -0.1) is 0 Å². The molecule has 112 valence electrons. The molecule has 0 aromatic heterocycles. The highest BCUT2D eigenvalue weighted by atomic mass is 19.4. The highest BCUT2D eigenvalue weighted by molar-refractivity contribution is 5.31. The second-order valence-corrected chi connectivity index (χ2v) is 5.69. The summed E-state index contributed by atoms with van der Waals surface area (Å²) in [6.07, 6.45) is 1.70. The van der Waals surface area contributed by atoms with Crippen molar-refractivity contribution in [2.75, 3.05) is 0 Å². The average molecular weight is 286 g/mol. The van der Waals surface area contributed by atoms with Gasteiger partial charge in [-0.05, 0) is 24.0 Å². The Kier molecular flexibility index (Phi) is 5.08. The Balaban J connectivity index is 2.10. The van der Waals surface area contributed by atoms with Crippen LogP contribution in [-0.4, -0.2) is 5.11 Å². The first-order chi connectivity index (χ1) is 9.48. The van der Waals surface area contributed by atoms with Gasteiger partial charge in [0.05, 0.1) is 11.7 Å². The number of alkyl halides is 3.